The molecule has 1 aromatic heterocycles. The molecule has 2 rings (SSSR count). The minimum absolute atomic E-state index is 0.608. The van der Waals surface area contributed by atoms with Gasteiger partial charge in [0.2, 0.25) is 0 Å². The fraction of sp³-hybridized carbons (Fsp3) is 0.308. The molecule has 1 N–H and O–H groups in total. The zero-order chi connectivity index (χ0) is 13.1. The number of nitrogens with zero attached hydrogens (tertiary/aromatic N) is 1. The van der Waals surface area contributed by atoms with E-state index in [1.165, 1.54) is 11.3 Å². The number of benzene rings is 1. The van der Waals surface area contributed by atoms with Gasteiger partial charge in [0.25, 0.3) is 0 Å². The van der Waals surface area contributed by atoms with Crippen LogP contribution in [0, 0.1) is 6.92 Å². The average molecular weight is 265 g/mol. The molecule has 1 atom stereocenters. The molecule has 4 nitrogen and oxygen atoms in total. The predicted octanol–water partition coefficient (Wildman–Crippen LogP) is 2.55. The minimum atomic E-state index is -0.683. The summed E-state index contributed by atoms with van der Waals surface area (Å²) in [5, 5.41) is 10.3. The number of rotatable bonds is 4. The van der Waals surface area contributed by atoms with E-state index in [0.717, 1.165) is 16.1 Å². The fourth-order valence-corrected chi connectivity index (χ4v) is 2.56. The SMILES string of the molecule is COc1ccc(C(O)c2scnc2C)cc1OC. The third kappa shape index (κ3) is 2.32. The van der Waals surface area contributed by atoms with Crippen LogP contribution in [-0.4, -0.2) is 24.3 Å². The van der Waals surface area contributed by atoms with Crippen LogP contribution < -0.4 is 9.47 Å². The largest absolute Gasteiger partial charge is 0.493 e. The molecule has 0 aliphatic rings. The molecule has 0 fully saturated rings. The van der Waals surface area contributed by atoms with Crippen molar-refractivity contribution in [1.29, 1.82) is 0 Å². The summed E-state index contributed by atoms with van der Waals surface area (Å²) in [6.45, 7) is 1.88. The zero-order valence-corrected chi connectivity index (χ0v) is 11.3. The molecule has 0 amide bonds. The van der Waals surface area contributed by atoms with Gasteiger partial charge in [0.15, 0.2) is 11.5 Å². The lowest BCUT2D eigenvalue weighted by atomic mass is 10.1. The third-order valence-corrected chi connectivity index (χ3v) is 3.74. The summed E-state index contributed by atoms with van der Waals surface area (Å²) in [7, 11) is 3.16. The highest BCUT2D eigenvalue weighted by molar-refractivity contribution is 7.09. The maximum absolute atomic E-state index is 10.3. The van der Waals surface area contributed by atoms with Crippen molar-refractivity contribution >= 4 is 11.3 Å². The Morgan fingerprint density at radius 2 is 1.94 bits per heavy atom. The van der Waals surface area contributed by atoms with E-state index in [2.05, 4.69) is 4.98 Å². The number of methoxy groups -OCH3 is 2. The van der Waals surface area contributed by atoms with E-state index >= 15 is 0 Å². The Morgan fingerprint density at radius 1 is 1.22 bits per heavy atom. The van der Waals surface area contributed by atoms with Gasteiger partial charge in [0.05, 0.1) is 30.3 Å². The van der Waals surface area contributed by atoms with Crippen LogP contribution in [0.2, 0.25) is 0 Å². The summed E-state index contributed by atoms with van der Waals surface area (Å²) in [6, 6.07) is 5.39. The topological polar surface area (TPSA) is 51.6 Å². The Hall–Kier alpha value is -1.59. The average Bonchev–Trinajstić information content (AvgIpc) is 2.83. The van der Waals surface area contributed by atoms with Gasteiger partial charge < -0.3 is 14.6 Å². The summed E-state index contributed by atoms with van der Waals surface area (Å²) in [5.74, 6) is 1.26. The molecule has 0 bridgehead atoms. The molecular weight excluding hydrogens is 250 g/mol. The highest BCUT2D eigenvalue weighted by Gasteiger charge is 2.17. The van der Waals surface area contributed by atoms with Crippen LogP contribution in [0.4, 0.5) is 0 Å². The molecule has 1 heterocycles. The maximum atomic E-state index is 10.3. The lowest BCUT2D eigenvalue weighted by Crippen LogP contribution is -2.00. The first-order chi connectivity index (χ1) is 8.67. The standard InChI is InChI=1S/C13H15NO3S/c1-8-13(18-7-14-8)12(15)9-4-5-10(16-2)11(6-9)17-3/h4-7,12,15H,1-3H3. The second kappa shape index (κ2) is 5.37. The summed E-state index contributed by atoms with van der Waals surface area (Å²) in [5.41, 5.74) is 3.34. The first-order valence-electron chi connectivity index (χ1n) is 5.47. The van der Waals surface area contributed by atoms with Crippen LogP contribution in [-0.2, 0) is 0 Å². The minimum Gasteiger partial charge on any atom is -0.493 e. The van der Waals surface area contributed by atoms with Crippen LogP contribution in [0.15, 0.2) is 23.7 Å². The summed E-state index contributed by atoms with van der Waals surface area (Å²) < 4.78 is 10.4. The van der Waals surface area contributed by atoms with E-state index in [4.69, 9.17) is 9.47 Å². The quantitative estimate of drug-likeness (QED) is 0.923. The number of aromatic nitrogens is 1. The third-order valence-electron chi connectivity index (χ3n) is 2.75. The van der Waals surface area contributed by atoms with Gasteiger partial charge >= 0.3 is 0 Å². The van der Waals surface area contributed by atoms with Crippen molar-refractivity contribution in [3.63, 3.8) is 0 Å². The summed E-state index contributed by atoms with van der Waals surface area (Å²) >= 11 is 1.44. The van der Waals surface area contributed by atoms with Gasteiger partial charge in [-0.05, 0) is 24.6 Å². The Kier molecular flexibility index (Phi) is 3.84. The van der Waals surface area contributed by atoms with Crippen molar-refractivity contribution in [1.82, 2.24) is 4.98 Å². The van der Waals surface area contributed by atoms with Gasteiger partial charge in [-0.3, -0.25) is 0 Å². The first kappa shape index (κ1) is 12.9. The highest BCUT2D eigenvalue weighted by atomic mass is 32.1. The first-order valence-corrected chi connectivity index (χ1v) is 6.35. The molecule has 18 heavy (non-hydrogen) atoms. The van der Waals surface area contributed by atoms with E-state index in [-0.39, 0.29) is 0 Å². The van der Waals surface area contributed by atoms with Gasteiger partial charge in [-0.25, -0.2) is 4.98 Å². The van der Waals surface area contributed by atoms with Crippen LogP contribution in [0.5, 0.6) is 11.5 Å². The number of hydrogen-bond donors (Lipinski definition) is 1. The van der Waals surface area contributed by atoms with Gasteiger partial charge in [0, 0.05) is 0 Å². The van der Waals surface area contributed by atoms with Gasteiger partial charge in [-0.2, -0.15) is 0 Å². The highest BCUT2D eigenvalue weighted by Crippen LogP contribution is 2.34. The monoisotopic (exact) mass is 265 g/mol. The van der Waals surface area contributed by atoms with Crippen LogP contribution in [0.3, 0.4) is 0 Å². The molecule has 96 valence electrons. The van der Waals surface area contributed by atoms with Crippen molar-refractivity contribution in [3.05, 3.63) is 39.8 Å². The summed E-state index contributed by atoms with van der Waals surface area (Å²) in [4.78, 5) is 4.99. The lowest BCUT2D eigenvalue weighted by molar-refractivity contribution is 0.222. The number of ether oxygens (including phenoxy) is 2. The second-order valence-electron chi connectivity index (χ2n) is 3.82. The number of aliphatic hydroxyl groups excluding tert-OH is 1. The fourth-order valence-electron chi connectivity index (χ4n) is 1.75. The van der Waals surface area contributed by atoms with Gasteiger partial charge in [0.1, 0.15) is 6.10 Å². The zero-order valence-electron chi connectivity index (χ0n) is 10.5. The molecular formula is C13H15NO3S. The normalized spacial score (nSPS) is 12.2. The molecule has 0 radical (unpaired) electrons. The van der Waals surface area contributed by atoms with E-state index in [1.54, 1.807) is 31.9 Å². The molecule has 0 aliphatic heterocycles. The number of aryl methyl sites for hydroxylation is 1. The Bertz CT molecular complexity index is 539. The van der Waals surface area contributed by atoms with Gasteiger partial charge in [-0.15, -0.1) is 11.3 Å². The molecule has 0 saturated heterocycles. The van der Waals surface area contributed by atoms with Gasteiger partial charge in [-0.1, -0.05) is 6.07 Å². The van der Waals surface area contributed by atoms with Crippen molar-refractivity contribution in [2.45, 2.75) is 13.0 Å². The number of hydrogen-bond acceptors (Lipinski definition) is 5. The smallest absolute Gasteiger partial charge is 0.161 e. The Morgan fingerprint density at radius 3 is 2.50 bits per heavy atom. The Balaban J connectivity index is 2.37. The van der Waals surface area contributed by atoms with E-state index in [1.807, 2.05) is 13.0 Å². The Labute approximate surface area is 110 Å². The predicted molar refractivity (Wildman–Crippen MR) is 70.5 cm³/mol. The molecule has 1 unspecified atom stereocenters. The van der Waals surface area contributed by atoms with E-state index in [0.29, 0.717) is 11.5 Å². The van der Waals surface area contributed by atoms with Crippen LogP contribution in [0.1, 0.15) is 22.2 Å². The second-order valence-corrected chi connectivity index (χ2v) is 4.71. The molecule has 5 heteroatoms. The molecule has 0 spiro atoms. The molecule has 0 aliphatic carbocycles. The maximum Gasteiger partial charge on any atom is 0.161 e. The van der Waals surface area contributed by atoms with Crippen LogP contribution in [0.25, 0.3) is 0 Å². The molecule has 0 saturated carbocycles. The van der Waals surface area contributed by atoms with Crippen molar-refractivity contribution in [3.8, 4) is 11.5 Å². The van der Waals surface area contributed by atoms with Crippen molar-refractivity contribution in [2.75, 3.05) is 14.2 Å². The lowest BCUT2D eigenvalue weighted by Gasteiger charge is -2.13. The number of aliphatic hydroxyl groups is 1. The van der Waals surface area contributed by atoms with Crippen molar-refractivity contribution < 1.29 is 14.6 Å². The van der Waals surface area contributed by atoms with E-state index < -0.39 is 6.10 Å². The van der Waals surface area contributed by atoms with Crippen molar-refractivity contribution in [2.24, 2.45) is 0 Å². The van der Waals surface area contributed by atoms with E-state index in [9.17, 15) is 5.11 Å². The molecule has 2 aromatic rings. The molecule has 1 aromatic carbocycles. The number of thiazole rings is 1. The summed E-state index contributed by atoms with van der Waals surface area (Å²) in [6.07, 6.45) is -0.683. The van der Waals surface area contributed by atoms with Crippen LogP contribution >= 0.6 is 11.3 Å².